The molecule has 35 atom stereocenters. The van der Waals surface area contributed by atoms with E-state index >= 15 is 0 Å². The highest BCUT2D eigenvalue weighted by Crippen LogP contribution is 2.47. The normalized spacial score (nSPS) is 44.9. The zero-order chi connectivity index (χ0) is 78.5. The maximum absolute atomic E-state index is 12.1. The SMILES string of the molecule is O=P(O)(O)OCC1OC2OC3C(COP(=O)(O)O)OC(OC4C(COP(=O)(O)O)OC(OC5C(COP(=O)(O)O)OC(OC6C(COP(=O)(O)O)OC(OC7C(COP(=O)(O)O)OC(OC8C(COP(=O)(O)O)OC(OC1C(O)C2O)C(O)C8O)C(O)C7O)C(O)C6O)C(O)C5O)C(O)C4O)C(O)C3O. The van der Waals surface area contributed by atoms with Gasteiger partial charge < -0.3 is 206 Å². The maximum Gasteiger partial charge on any atom is 0.469 e. The molecule has 56 nitrogen and oxygen atoms in total. The fraction of sp³-hybridized carbons (Fsp3) is 1.00. The Bertz CT molecular complexity index is 2590. The number of phosphoric ester groups is 7. The molecule has 28 N–H and O–H groups in total. The van der Waals surface area contributed by atoms with Crippen molar-refractivity contribution in [3.05, 3.63) is 0 Å². The Morgan fingerprint density at radius 2 is 0.267 bits per heavy atom. The molecule has 63 heteroatoms. The van der Waals surface area contributed by atoms with Crippen molar-refractivity contribution in [3.63, 3.8) is 0 Å². The lowest BCUT2D eigenvalue weighted by molar-refractivity contribution is -0.396. The van der Waals surface area contributed by atoms with Crippen molar-refractivity contribution in [2.45, 2.75) is 215 Å². The average Bonchev–Trinajstić information content (AvgIpc) is 0.820. The second kappa shape index (κ2) is 35.8. The molecule has 21 rings (SSSR count). The van der Waals surface area contributed by atoms with Gasteiger partial charge in [0, 0.05) is 0 Å². The lowest BCUT2D eigenvalue weighted by Gasteiger charge is -2.50. The van der Waals surface area contributed by atoms with Gasteiger partial charge in [-0.25, -0.2) is 32.0 Å². The second-order valence-corrected chi connectivity index (χ2v) is 32.6. The molecule has 35 unspecified atom stereocenters. The Labute approximate surface area is 584 Å². The zero-order valence-electron chi connectivity index (χ0n) is 52.2. The molecule has 0 aromatic carbocycles. The highest BCUT2D eigenvalue weighted by Gasteiger charge is 2.61. The Hall–Kier alpha value is -0.350. The van der Waals surface area contributed by atoms with E-state index in [1.807, 2.05) is 0 Å². The third kappa shape index (κ3) is 24.4. The minimum Gasteiger partial charge on any atom is -0.387 e. The van der Waals surface area contributed by atoms with Crippen molar-refractivity contribution in [2.24, 2.45) is 0 Å². The van der Waals surface area contributed by atoms with E-state index in [4.69, 9.17) is 66.3 Å². The summed E-state index contributed by atoms with van der Waals surface area (Å²) in [6, 6.07) is 0. The molecule has 21 aliphatic heterocycles. The topological polar surface area (TPSA) is 880 Å². The third-order valence-corrected chi connectivity index (χ3v) is 19.8. The number of aliphatic hydroxyl groups is 14. The fourth-order valence-corrected chi connectivity index (χ4v) is 13.9. The van der Waals surface area contributed by atoms with Gasteiger partial charge in [0.05, 0.1) is 46.2 Å². The van der Waals surface area contributed by atoms with E-state index in [1.165, 1.54) is 0 Å². The number of hydrogen-bond donors (Lipinski definition) is 28. The van der Waals surface area contributed by atoms with E-state index in [-0.39, 0.29) is 0 Å². The molecule has 0 amide bonds. The monoisotopic (exact) mass is 1690 g/mol. The molecular weight excluding hydrogens is 1620 g/mol. The first-order valence-electron chi connectivity index (χ1n) is 29.8. The smallest absolute Gasteiger partial charge is 0.387 e. The van der Waals surface area contributed by atoms with Crippen LogP contribution in [-0.4, -0.2) is 401 Å². The van der Waals surface area contributed by atoms with Crippen LogP contribution in [-0.2, 0) is 130 Å². The minimum absolute atomic E-state index is 1.54. The summed E-state index contributed by atoms with van der Waals surface area (Å²) < 4.78 is 195. The van der Waals surface area contributed by atoms with E-state index in [0.717, 1.165) is 0 Å². The summed E-state index contributed by atoms with van der Waals surface area (Å²) in [6.45, 7) is -10.8. The van der Waals surface area contributed by atoms with Crippen molar-refractivity contribution in [3.8, 4) is 0 Å². The fourth-order valence-electron chi connectivity index (χ4n) is 11.5. The van der Waals surface area contributed by atoms with Crippen LogP contribution in [0.15, 0.2) is 0 Å². The number of hydrogen-bond acceptors (Lipinski definition) is 42. The molecule has 0 aromatic rings. The van der Waals surface area contributed by atoms with Crippen LogP contribution in [0.4, 0.5) is 0 Å². The van der Waals surface area contributed by atoms with Gasteiger partial charge in [-0.3, -0.25) is 31.7 Å². The Kier molecular flexibility index (Phi) is 30.8. The van der Waals surface area contributed by atoms with Crippen LogP contribution in [0, 0.1) is 0 Å². The van der Waals surface area contributed by atoms with Crippen molar-refractivity contribution >= 4 is 54.8 Å². The Morgan fingerprint density at radius 1 is 0.171 bits per heavy atom. The number of aliphatic hydroxyl groups excluding tert-OH is 14. The predicted octanol–water partition coefficient (Wildman–Crippen LogP) is -14.4. The van der Waals surface area contributed by atoms with Crippen LogP contribution in [0.1, 0.15) is 0 Å². The molecule has 21 aliphatic rings. The molecule has 0 saturated carbocycles. The molecular formula is C42H77O56P7. The van der Waals surface area contributed by atoms with Crippen molar-refractivity contribution in [1.82, 2.24) is 0 Å². The lowest BCUT2D eigenvalue weighted by Crippen LogP contribution is -2.68. The van der Waals surface area contributed by atoms with Gasteiger partial charge in [-0.2, -0.15) is 0 Å². The minimum atomic E-state index is -5.72. The number of ether oxygens (including phenoxy) is 14. The molecule has 616 valence electrons. The van der Waals surface area contributed by atoms with E-state index in [9.17, 15) is 172 Å². The van der Waals surface area contributed by atoms with E-state index in [1.54, 1.807) is 0 Å². The zero-order valence-corrected chi connectivity index (χ0v) is 58.5. The molecule has 21 fully saturated rings. The summed E-state index contributed by atoms with van der Waals surface area (Å²) >= 11 is 0. The second-order valence-electron chi connectivity index (χ2n) is 23.9. The first-order chi connectivity index (χ1) is 48.2. The molecule has 21 saturated heterocycles. The highest BCUT2D eigenvalue weighted by molar-refractivity contribution is 7.47. The van der Waals surface area contributed by atoms with Crippen molar-refractivity contribution in [1.29, 1.82) is 0 Å². The third-order valence-electron chi connectivity index (χ3n) is 16.4. The van der Waals surface area contributed by atoms with Crippen LogP contribution in [0.2, 0.25) is 0 Å². The highest BCUT2D eigenvalue weighted by atomic mass is 31.2. The van der Waals surface area contributed by atoms with Gasteiger partial charge in [-0.15, -0.1) is 0 Å². The Morgan fingerprint density at radius 3 is 0.352 bits per heavy atom. The van der Waals surface area contributed by atoms with Crippen LogP contribution < -0.4 is 0 Å². The standard InChI is InChI=1S/C42H77O56P7/c43-15-22(50)36-85-8(1-78-99(57,58)59)29(15)92-37-23(51)16(44)31(10(86-37)3-80-101(63,64)65)94-39-25(53)18(46)33(12(88-39)5-82-103(69,70)71)96-41-27(55)20(48)35(14(90-41)7-84-105(75,76)77)98-42-28(56)21(49)34(13(91-42)6-83-104(72,73)74)97-40-26(54)19(47)32(11(89-40)4-81-102(66,67)68)95-38-24(52)17(45)30(93-36)9(87-38)2-79-100(60,61)62/h8-56H,1-7H2,(H2,57,58,59)(H2,60,61,62)(H2,63,64,65)(H2,66,67,68)(H2,69,70,71)(H2,72,73,74)(H2,75,76,77). The summed E-state index contributed by atoms with van der Waals surface area (Å²) in [4.78, 5) is 136. The molecule has 0 aliphatic carbocycles. The van der Waals surface area contributed by atoms with Gasteiger partial charge in [0.15, 0.2) is 44.0 Å². The predicted molar refractivity (Wildman–Crippen MR) is 305 cm³/mol. The summed E-state index contributed by atoms with van der Waals surface area (Å²) in [5.41, 5.74) is 0. The van der Waals surface area contributed by atoms with Crippen LogP contribution >= 0.6 is 54.8 Å². The summed E-state index contributed by atoms with van der Waals surface area (Å²) in [5.74, 6) is 0. The van der Waals surface area contributed by atoms with Crippen LogP contribution in [0.25, 0.3) is 0 Å². The largest absolute Gasteiger partial charge is 0.469 e. The number of rotatable bonds is 21. The molecule has 21 heterocycles. The van der Waals surface area contributed by atoms with E-state index in [2.05, 4.69) is 31.7 Å². The Balaban J connectivity index is 1.22. The quantitative estimate of drug-likeness (QED) is 0.0475. The van der Waals surface area contributed by atoms with Crippen molar-refractivity contribution < 1.29 is 270 Å². The maximum atomic E-state index is 12.1. The first kappa shape index (κ1) is 90.2. The van der Waals surface area contributed by atoms with E-state index < -0.39 is 316 Å². The van der Waals surface area contributed by atoms with Gasteiger partial charge in [0.2, 0.25) is 0 Å². The van der Waals surface area contributed by atoms with Crippen LogP contribution in [0.3, 0.4) is 0 Å². The van der Waals surface area contributed by atoms with Gasteiger partial charge in [0.1, 0.15) is 171 Å². The van der Waals surface area contributed by atoms with E-state index in [0.29, 0.717) is 0 Å². The van der Waals surface area contributed by atoms with Crippen LogP contribution in [0.5, 0.6) is 0 Å². The van der Waals surface area contributed by atoms with Gasteiger partial charge in [-0.1, -0.05) is 0 Å². The molecule has 0 aromatic heterocycles. The summed E-state index contributed by atoms with van der Waals surface area (Å²) in [7, 11) is -40.0. The van der Waals surface area contributed by atoms with Gasteiger partial charge in [0.25, 0.3) is 0 Å². The van der Waals surface area contributed by atoms with Gasteiger partial charge in [-0.05, 0) is 0 Å². The molecule has 105 heavy (non-hydrogen) atoms. The van der Waals surface area contributed by atoms with Crippen molar-refractivity contribution in [2.75, 3.05) is 46.2 Å². The summed E-state index contributed by atoms with van der Waals surface area (Å²) in [5, 5.41) is 163. The lowest BCUT2D eigenvalue weighted by atomic mass is 9.95. The molecule has 14 bridgehead atoms. The number of phosphoric acid groups is 7. The average molecular weight is 1690 g/mol. The first-order valence-corrected chi connectivity index (χ1v) is 40.5. The summed E-state index contributed by atoms with van der Waals surface area (Å²) in [6.07, 6.45) is -90.7. The van der Waals surface area contributed by atoms with Gasteiger partial charge >= 0.3 is 54.8 Å². The molecule has 0 radical (unpaired) electrons. The molecule has 0 spiro atoms.